The zero-order valence-electron chi connectivity index (χ0n) is 12.8. The van der Waals surface area contributed by atoms with E-state index >= 15 is 0 Å². The minimum Gasteiger partial charge on any atom is -0.349 e. The third-order valence-electron chi connectivity index (χ3n) is 3.48. The average Bonchev–Trinajstić information content (AvgIpc) is 2.44. The van der Waals surface area contributed by atoms with Gasteiger partial charge in [0, 0.05) is 11.6 Å². The Labute approximate surface area is 127 Å². The van der Waals surface area contributed by atoms with Crippen molar-refractivity contribution in [1.29, 1.82) is 0 Å². The van der Waals surface area contributed by atoms with E-state index in [4.69, 9.17) is 5.14 Å². The van der Waals surface area contributed by atoms with Gasteiger partial charge in [-0.25, -0.2) is 13.6 Å². The molecule has 3 N–H and O–H groups in total. The van der Waals surface area contributed by atoms with Gasteiger partial charge >= 0.3 is 0 Å². The van der Waals surface area contributed by atoms with Gasteiger partial charge < -0.3 is 5.32 Å². The smallest absolute Gasteiger partial charge is 0.251 e. The van der Waals surface area contributed by atoms with E-state index in [1.807, 2.05) is 13.8 Å². The number of hydrogen-bond acceptors (Lipinski definition) is 3. The monoisotopic (exact) mass is 312 g/mol. The van der Waals surface area contributed by atoms with E-state index in [1.54, 1.807) is 12.1 Å². The molecule has 1 atom stereocenters. The van der Waals surface area contributed by atoms with Crippen molar-refractivity contribution >= 4 is 15.9 Å². The van der Waals surface area contributed by atoms with Gasteiger partial charge in [-0.15, -0.1) is 0 Å². The number of carbonyl (C=O) groups excluding carboxylic acids is 1. The molecule has 0 aliphatic heterocycles. The molecule has 0 aliphatic rings. The second-order valence-corrected chi connectivity index (χ2v) is 6.62. The van der Waals surface area contributed by atoms with Gasteiger partial charge in [0.2, 0.25) is 10.0 Å². The molecule has 0 spiro atoms. The van der Waals surface area contributed by atoms with Crippen molar-refractivity contribution in [3.05, 3.63) is 29.3 Å². The van der Waals surface area contributed by atoms with Crippen molar-refractivity contribution in [3.63, 3.8) is 0 Å². The van der Waals surface area contributed by atoms with Crippen molar-refractivity contribution in [2.75, 3.05) is 0 Å². The van der Waals surface area contributed by atoms with Gasteiger partial charge in [-0.3, -0.25) is 4.79 Å². The summed E-state index contributed by atoms with van der Waals surface area (Å²) >= 11 is 0. The highest BCUT2D eigenvalue weighted by Crippen LogP contribution is 2.17. The van der Waals surface area contributed by atoms with Crippen molar-refractivity contribution in [2.45, 2.75) is 57.4 Å². The lowest BCUT2D eigenvalue weighted by atomic mass is 10.1. The summed E-state index contributed by atoms with van der Waals surface area (Å²) in [5.41, 5.74) is 0.945. The number of carbonyl (C=O) groups is 1. The molecule has 1 rings (SSSR count). The molecule has 0 aromatic heterocycles. The number of nitrogens with one attached hydrogen (secondary N) is 1. The Morgan fingerprint density at radius 3 is 2.43 bits per heavy atom. The highest BCUT2D eigenvalue weighted by Gasteiger charge is 2.17. The van der Waals surface area contributed by atoms with Crippen LogP contribution in [0.1, 0.15) is 56.0 Å². The van der Waals surface area contributed by atoms with Crippen LogP contribution in [-0.2, 0) is 16.4 Å². The van der Waals surface area contributed by atoms with Crippen LogP contribution in [0.3, 0.4) is 0 Å². The van der Waals surface area contributed by atoms with E-state index in [0.717, 1.165) is 19.3 Å². The van der Waals surface area contributed by atoms with Crippen LogP contribution in [0.2, 0.25) is 0 Å². The molecule has 0 aliphatic carbocycles. The lowest BCUT2D eigenvalue weighted by molar-refractivity contribution is 0.0933. The van der Waals surface area contributed by atoms with Crippen molar-refractivity contribution in [2.24, 2.45) is 5.14 Å². The zero-order valence-corrected chi connectivity index (χ0v) is 13.7. The summed E-state index contributed by atoms with van der Waals surface area (Å²) in [5, 5.41) is 8.14. The van der Waals surface area contributed by atoms with Crippen LogP contribution in [-0.4, -0.2) is 20.4 Å². The van der Waals surface area contributed by atoms with Crippen LogP contribution in [0, 0.1) is 0 Å². The molecule has 21 heavy (non-hydrogen) atoms. The molecule has 1 unspecified atom stereocenters. The molecule has 0 radical (unpaired) electrons. The second kappa shape index (κ2) is 7.56. The predicted molar refractivity (Wildman–Crippen MR) is 83.6 cm³/mol. The fourth-order valence-corrected chi connectivity index (χ4v) is 3.12. The summed E-state index contributed by atoms with van der Waals surface area (Å²) in [5.74, 6) is -0.261. The maximum atomic E-state index is 12.2. The maximum absolute atomic E-state index is 12.2. The van der Waals surface area contributed by atoms with Gasteiger partial charge in [0.15, 0.2) is 0 Å². The number of nitrogens with two attached hydrogens (primary N) is 1. The molecule has 0 saturated heterocycles. The lowest BCUT2D eigenvalue weighted by Gasteiger charge is -2.16. The minimum absolute atomic E-state index is 0.0289. The Hall–Kier alpha value is -1.40. The molecule has 1 aromatic carbocycles. The number of benzene rings is 1. The second-order valence-electron chi connectivity index (χ2n) is 5.09. The van der Waals surface area contributed by atoms with Crippen LogP contribution in [0.4, 0.5) is 0 Å². The molecule has 118 valence electrons. The Morgan fingerprint density at radius 2 is 1.95 bits per heavy atom. The summed E-state index contributed by atoms with van der Waals surface area (Å²) < 4.78 is 23.2. The van der Waals surface area contributed by atoms with Crippen LogP contribution < -0.4 is 10.5 Å². The topological polar surface area (TPSA) is 89.3 Å². The van der Waals surface area contributed by atoms with Gasteiger partial charge in [0.25, 0.3) is 5.91 Å². The first-order valence-corrected chi connectivity index (χ1v) is 8.84. The predicted octanol–water partition coefficient (Wildman–Crippen LogP) is 2.20. The van der Waals surface area contributed by atoms with Crippen molar-refractivity contribution in [3.8, 4) is 0 Å². The van der Waals surface area contributed by atoms with Gasteiger partial charge in [0.05, 0.1) is 4.90 Å². The molecular weight excluding hydrogens is 288 g/mol. The van der Waals surface area contributed by atoms with E-state index in [1.165, 1.54) is 6.07 Å². The highest BCUT2D eigenvalue weighted by atomic mass is 32.2. The van der Waals surface area contributed by atoms with Crippen LogP contribution in [0.15, 0.2) is 23.1 Å². The van der Waals surface area contributed by atoms with Gasteiger partial charge in [-0.05, 0) is 37.0 Å². The van der Waals surface area contributed by atoms with E-state index in [2.05, 4.69) is 12.2 Å². The van der Waals surface area contributed by atoms with E-state index in [9.17, 15) is 13.2 Å². The fourth-order valence-electron chi connectivity index (χ4n) is 2.25. The normalized spacial score (nSPS) is 13.0. The molecule has 0 saturated carbocycles. The number of amides is 1. The van der Waals surface area contributed by atoms with Gasteiger partial charge in [-0.1, -0.05) is 33.3 Å². The quantitative estimate of drug-likeness (QED) is 0.809. The molecule has 1 amide bonds. The van der Waals surface area contributed by atoms with Crippen LogP contribution in [0.5, 0.6) is 0 Å². The number of sulfonamides is 1. The van der Waals surface area contributed by atoms with E-state index in [0.29, 0.717) is 17.5 Å². The number of primary sulfonamides is 1. The fraction of sp³-hybridized carbons (Fsp3) is 0.533. The minimum atomic E-state index is -3.83. The summed E-state index contributed by atoms with van der Waals surface area (Å²) in [6, 6.07) is 4.75. The Morgan fingerprint density at radius 1 is 1.29 bits per heavy atom. The molecular formula is C15H24N2O3S. The van der Waals surface area contributed by atoms with Crippen molar-refractivity contribution < 1.29 is 13.2 Å². The van der Waals surface area contributed by atoms with Crippen molar-refractivity contribution in [1.82, 2.24) is 5.32 Å². The molecule has 1 aromatic rings. The van der Waals surface area contributed by atoms with Crippen LogP contribution >= 0.6 is 0 Å². The molecule has 0 bridgehead atoms. The first-order chi connectivity index (χ1) is 9.83. The Balaban J connectivity index is 3.06. The van der Waals surface area contributed by atoms with Gasteiger partial charge in [-0.2, -0.15) is 0 Å². The summed E-state index contributed by atoms with van der Waals surface area (Å²) in [6.45, 7) is 5.92. The molecule has 0 heterocycles. The Kier molecular flexibility index (Phi) is 6.36. The third kappa shape index (κ3) is 4.82. The largest absolute Gasteiger partial charge is 0.349 e. The Bertz CT molecular complexity index is 597. The summed E-state index contributed by atoms with van der Waals surface area (Å²) in [4.78, 5) is 12.2. The van der Waals surface area contributed by atoms with E-state index < -0.39 is 10.0 Å². The average molecular weight is 312 g/mol. The lowest BCUT2D eigenvalue weighted by Crippen LogP contribution is -2.34. The summed E-state index contributed by atoms with van der Waals surface area (Å²) in [6.07, 6.45) is 3.27. The molecule has 5 nitrogen and oxygen atoms in total. The first kappa shape index (κ1) is 17.7. The van der Waals surface area contributed by atoms with Gasteiger partial charge in [0.1, 0.15) is 0 Å². The SMILES string of the molecule is CCCC(CC)NC(=O)c1ccc(CC)c(S(N)(=O)=O)c1. The third-order valence-corrected chi connectivity index (χ3v) is 4.48. The number of hydrogen-bond donors (Lipinski definition) is 2. The number of aryl methyl sites for hydroxylation is 1. The van der Waals surface area contributed by atoms with E-state index in [-0.39, 0.29) is 16.8 Å². The molecule has 0 fully saturated rings. The standard InChI is InChI=1S/C15H24N2O3S/c1-4-7-13(6-3)17-15(18)12-9-8-11(5-2)14(10-12)21(16,19)20/h8-10,13H,4-7H2,1-3H3,(H,17,18)(H2,16,19,20). The number of rotatable bonds is 7. The first-order valence-electron chi connectivity index (χ1n) is 7.30. The summed E-state index contributed by atoms with van der Waals surface area (Å²) in [7, 11) is -3.83. The zero-order chi connectivity index (χ0) is 16.0. The molecule has 6 heteroatoms. The maximum Gasteiger partial charge on any atom is 0.251 e. The highest BCUT2D eigenvalue weighted by molar-refractivity contribution is 7.89. The van der Waals surface area contributed by atoms with Crippen LogP contribution in [0.25, 0.3) is 0 Å².